The second-order valence-electron chi connectivity index (χ2n) is 3.88. The molecule has 0 aliphatic carbocycles. The summed E-state index contributed by atoms with van der Waals surface area (Å²) >= 11 is 0. The first-order chi connectivity index (χ1) is 8.59. The Labute approximate surface area is 104 Å². The molecule has 2 rings (SSSR count). The number of aromatic nitrogens is 2. The lowest BCUT2D eigenvalue weighted by Gasteiger charge is -2.08. The minimum absolute atomic E-state index is 0.191. The molecule has 0 amide bonds. The molecule has 0 unspecified atom stereocenters. The predicted molar refractivity (Wildman–Crippen MR) is 64.5 cm³/mol. The number of pyridine rings is 1. The number of hydrogen-bond donors (Lipinski definition) is 2. The third kappa shape index (κ3) is 2.32. The lowest BCUT2D eigenvalue weighted by atomic mass is 10.2. The van der Waals surface area contributed by atoms with Crippen LogP contribution < -0.4 is 5.32 Å². The minimum atomic E-state index is -0.987. The van der Waals surface area contributed by atoms with Gasteiger partial charge in [-0.3, -0.25) is 4.98 Å². The molecule has 94 valence electrons. The van der Waals surface area contributed by atoms with Gasteiger partial charge in [0.05, 0.1) is 23.1 Å². The molecule has 0 saturated heterocycles. The van der Waals surface area contributed by atoms with Gasteiger partial charge in [-0.2, -0.15) is 0 Å². The molecule has 2 heterocycles. The number of anilines is 1. The van der Waals surface area contributed by atoms with Crippen LogP contribution in [0.25, 0.3) is 0 Å². The highest BCUT2D eigenvalue weighted by Gasteiger charge is 2.12. The van der Waals surface area contributed by atoms with E-state index >= 15 is 0 Å². The van der Waals surface area contributed by atoms with Crippen LogP contribution in [0, 0.1) is 13.8 Å². The average molecular weight is 247 g/mol. The summed E-state index contributed by atoms with van der Waals surface area (Å²) in [4.78, 5) is 14.9. The van der Waals surface area contributed by atoms with Gasteiger partial charge in [0, 0.05) is 18.3 Å². The number of hydrogen-bond acceptors (Lipinski definition) is 5. The molecule has 6 nitrogen and oxygen atoms in total. The maximum atomic E-state index is 11.0. The molecule has 0 spiro atoms. The Morgan fingerprint density at radius 1 is 1.50 bits per heavy atom. The molecule has 0 aliphatic rings. The third-order valence-electron chi connectivity index (χ3n) is 2.69. The molecule has 2 N–H and O–H groups in total. The zero-order chi connectivity index (χ0) is 13.1. The molecule has 18 heavy (non-hydrogen) atoms. The number of aromatic carboxylic acids is 1. The molecule has 2 aromatic rings. The lowest BCUT2D eigenvalue weighted by molar-refractivity contribution is 0.0698. The number of aryl methyl sites for hydroxylation is 2. The highest BCUT2D eigenvalue weighted by atomic mass is 16.5. The maximum absolute atomic E-state index is 11.0. The zero-order valence-electron chi connectivity index (χ0n) is 10.1. The van der Waals surface area contributed by atoms with E-state index in [1.165, 1.54) is 18.5 Å². The van der Waals surface area contributed by atoms with Crippen LogP contribution in [-0.2, 0) is 6.54 Å². The Bertz CT molecular complexity index is 558. The molecule has 0 bridgehead atoms. The Morgan fingerprint density at radius 2 is 2.28 bits per heavy atom. The van der Waals surface area contributed by atoms with Gasteiger partial charge in [0.1, 0.15) is 5.76 Å². The van der Waals surface area contributed by atoms with E-state index in [1.807, 2.05) is 13.8 Å². The van der Waals surface area contributed by atoms with Crippen LogP contribution in [0.2, 0.25) is 0 Å². The largest absolute Gasteiger partial charge is 0.478 e. The van der Waals surface area contributed by atoms with Crippen molar-refractivity contribution in [3.8, 4) is 0 Å². The van der Waals surface area contributed by atoms with Crippen LogP contribution in [0.15, 0.2) is 23.0 Å². The normalized spacial score (nSPS) is 10.3. The third-order valence-corrected chi connectivity index (χ3v) is 2.69. The predicted octanol–water partition coefficient (Wildman–Crippen LogP) is 2.00. The fraction of sp³-hybridized carbons (Fsp3) is 0.250. The molecule has 0 atom stereocenters. The topological polar surface area (TPSA) is 88.3 Å². The van der Waals surface area contributed by atoms with E-state index in [2.05, 4.69) is 15.5 Å². The van der Waals surface area contributed by atoms with E-state index < -0.39 is 5.97 Å². The number of rotatable bonds is 4. The van der Waals surface area contributed by atoms with Crippen molar-refractivity contribution in [3.05, 3.63) is 41.0 Å². The quantitative estimate of drug-likeness (QED) is 0.859. The van der Waals surface area contributed by atoms with Crippen LogP contribution >= 0.6 is 0 Å². The van der Waals surface area contributed by atoms with E-state index in [0.717, 1.165) is 17.0 Å². The average Bonchev–Trinajstić information content (AvgIpc) is 2.67. The van der Waals surface area contributed by atoms with Gasteiger partial charge in [-0.05, 0) is 19.9 Å². The van der Waals surface area contributed by atoms with Gasteiger partial charge < -0.3 is 14.9 Å². The molecule has 0 aromatic carbocycles. The number of nitrogens with zero attached hydrogens (tertiary/aromatic N) is 2. The van der Waals surface area contributed by atoms with Gasteiger partial charge in [0.25, 0.3) is 0 Å². The van der Waals surface area contributed by atoms with Crippen LogP contribution in [-0.4, -0.2) is 21.2 Å². The molecular formula is C12H13N3O3. The summed E-state index contributed by atoms with van der Waals surface area (Å²) in [6, 6.07) is 1.46. The van der Waals surface area contributed by atoms with E-state index in [9.17, 15) is 4.79 Å². The smallest absolute Gasteiger partial charge is 0.337 e. The zero-order valence-corrected chi connectivity index (χ0v) is 10.1. The molecule has 0 fully saturated rings. The van der Waals surface area contributed by atoms with Crippen molar-refractivity contribution in [2.75, 3.05) is 5.32 Å². The van der Waals surface area contributed by atoms with Crippen LogP contribution in [0.4, 0.5) is 5.69 Å². The summed E-state index contributed by atoms with van der Waals surface area (Å²) in [5, 5.41) is 15.9. The van der Waals surface area contributed by atoms with Crippen molar-refractivity contribution in [3.63, 3.8) is 0 Å². The molecule has 6 heteroatoms. The van der Waals surface area contributed by atoms with Crippen LogP contribution in [0.3, 0.4) is 0 Å². The summed E-state index contributed by atoms with van der Waals surface area (Å²) in [6.07, 6.45) is 2.94. The van der Waals surface area contributed by atoms with E-state index in [-0.39, 0.29) is 5.56 Å². The number of carboxylic acid groups (broad SMARTS) is 1. The number of carboxylic acids is 1. The van der Waals surface area contributed by atoms with Crippen molar-refractivity contribution < 1.29 is 14.4 Å². The minimum Gasteiger partial charge on any atom is -0.478 e. The van der Waals surface area contributed by atoms with Gasteiger partial charge >= 0.3 is 5.97 Å². The molecule has 0 saturated carbocycles. The first-order valence-electron chi connectivity index (χ1n) is 5.42. The van der Waals surface area contributed by atoms with Gasteiger partial charge in [0.2, 0.25) is 0 Å². The van der Waals surface area contributed by atoms with Crippen molar-refractivity contribution in [2.24, 2.45) is 0 Å². The van der Waals surface area contributed by atoms with Gasteiger partial charge in [0.15, 0.2) is 0 Å². The monoisotopic (exact) mass is 247 g/mol. The van der Waals surface area contributed by atoms with Crippen molar-refractivity contribution in [1.82, 2.24) is 10.1 Å². The van der Waals surface area contributed by atoms with Gasteiger partial charge in [-0.15, -0.1) is 0 Å². The van der Waals surface area contributed by atoms with Gasteiger partial charge in [-0.25, -0.2) is 4.79 Å². The van der Waals surface area contributed by atoms with E-state index in [4.69, 9.17) is 9.63 Å². The Balaban J connectivity index is 2.18. The number of carbonyl (C=O) groups is 1. The van der Waals surface area contributed by atoms with Gasteiger partial charge in [-0.1, -0.05) is 5.16 Å². The Kier molecular flexibility index (Phi) is 3.27. The van der Waals surface area contributed by atoms with Crippen LogP contribution in [0.1, 0.15) is 27.4 Å². The highest BCUT2D eigenvalue weighted by molar-refractivity contribution is 5.93. The molecular weight excluding hydrogens is 234 g/mol. The van der Waals surface area contributed by atoms with Crippen LogP contribution in [0.5, 0.6) is 0 Å². The summed E-state index contributed by atoms with van der Waals surface area (Å²) in [5.74, 6) is -0.264. The SMILES string of the molecule is Cc1noc(C)c1CNc1cnccc1C(=O)O. The van der Waals surface area contributed by atoms with E-state index in [1.54, 1.807) is 0 Å². The second kappa shape index (κ2) is 4.87. The standard InChI is InChI=1S/C12H13N3O3/c1-7-10(8(2)18-15-7)5-14-11-6-13-4-3-9(11)12(16)17/h3-4,6,14H,5H2,1-2H3,(H,16,17). The highest BCUT2D eigenvalue weighted by Crippen LogP contribution is 2.17. The fourth-order valence-electron chi connectivity index (χ4n) is 1.66. The van der Waals surface area contributed by atoms with Crippen molar-refractivity contribution in [1.29, 1.82) is 0 Å². The summed E-state index contributed by atoms with van der Waals surface area (Å²) in [5.41, 5.74) is 2.39. The summed E-state index contributed by atoms with van der Waals surface area (Å²) < 4.78 is 5.04. The first kappa shape index (κ1) is 12.1. The number of nitrogens with one attached hydrogen (secondary N) is 1. The lowest BCUT2D eigenvalue weighted by Crippen LogP contribution is -2.07. The first-order valence-corrected chi connectivity index (χ1v) is 5.42. The van der Waals surface area contributed by atoms with Crippen molar-refractivity contribution >= 4 is 11.7 Å². The second-order valence-corrected chi connectivity index (χ2v) is 3.88. The van der Waals surface area contributed by atoms with Crippen molar-refractivity contribution in [2.45, 2.75) is 20.4 Å². The summed E-state index contributed by atoms with van der Waals surface area (Å²) in [7, 11) is 0. The Morgan fingerprint density at radius 3 is 2.89 bits per heavy atom. The molecule has 0 radical (unpaired) electrons. The maximum Gasteiger partial charge on any atom is 0.337 e. The fourth-order valence-corrected chi connectivity index (χ4v) is 1.66. The molecule has 2 aromatic heterocycles. The molecule has 0 aliphatic heterocycles. The Hall–Kier alpha value is -2.37. The van der Waals surface area contributed by atoms with E-state index in [0.29, 0.717) is 12.2 Å². The summed E-state index contributed by atoms with van der Waals surface area (Å²) in [6.45, 7) is 4.11.